The van der Waals surface area contributed by atoms with E-state index in [0.717, 1.165) is 16.7 Å². The van der Waals surface area contributed by atoms with Gasteiger partial charge in [0, 0.05) is 5.69 Å². The van der Waals surface area contributed by atoms with Gasteiger partial charge in [0.05, 0.1) is 10.6 Å². The topological polar surface area (TPSA) is 72.2 Å². The van der Waals surface area contributed by atoms with Gasteiger partial charge in [0.2, 0.25) is 0 Å². The molecular weight excluding hydrogens is 320 g/mol. The smallest absolute Gasteiger partial charge is 0.261 e. The van der Waals surface area contributed by atoms with E-state index in [0.29, 0.717) is 11.4 Å². The van der Waals surface area contributed by atoms with E-state index < -0.39 is 10.0 Å². The minimum Gasteiger partial charge on any atom is -0.399 e. The van der Waals surface area contributed by atoms with Crippen LogP contribution in [-0.4, -0.2) is 8.42 Å². The van der Waals surface area contributed by atoms with Gasteiger partial charge in [-0.15, -0.1) is 0 Å². The molecule has 0 saturated heterocycles. The van der Waals surface area contributed by atoms with E-state index in [-0.39, 0.29) is 16.7 Å². The predicted molar refractivity (Wildman–Crippen MR) is 101 cm³/mol. The molecule has 0 aromatic heterocycles. The van der Waals surface area contributed by atoms with Crippen LogP contribution in [0.15, 0.2) is 41.3 Å². The first-order valence-corrected chi connectivity index (χ1v) is 9.63. The van der Waals surface area contributed by atoms with Crippen molar-refractivity contribution in [2.24, 2.45) is 0 Å². The van der Waals surface area contributed by atoms with Crippen LogP contribution in [0.5, 0.6) is 0 Å². The number of sulfonamides is 1. The zero-order valence-corrected chi connectivity index (χ0v) is 15.7. The van der Waals surface area contributed by atoms with Gasteiger partial charge >= 0.3 is 0 Å². The summed E-state index contributed by atoms with van der Waals surface area (Å²) < 4.78 is 28.4. The summed E-state index contributed by atoms with van der Waals surface area (Å²) in [5.41, 5.74) is 10.2. The molecule has 24 heavy (non-hydrogen) atoms. The molecule has 0 fully saturated rings. The van der Waals surface area contributed by atoms with Crippen LogP contribution in [0.1, 0.15) is 56.2 Å². The van der Waals surface area contributed by atoms with Gasteiger partial charge in [-0.1, -0.05) is 45.4 Å². The first-order valence-electron chi connectivity index (χ1n) is 8.14. The first-order chi connectivity index (χ1) is 11.1. The molecule has 4 nitrogen and oxygen atoms in total. The number of benzene rings is 2. The van der Waals surface area contributed by atoms with E-state index in [9.17, 15) is 8.42 Å². The number of hydrogen-bond donors (Lipinski definition) is 2. The van der Waals surface area contributed by atoms with E-state index in [1.165, 1.54) is 0 Å². The lowest BCUT2D eigenvalue weighted by atomic mass is 9.92. The molecule has 0 aliphatic heterocycles. The molecule has 0 aliphatic carbocycles. The molecule has 0 amide bonds. The maximum Gasteiger partial charge on any atom is 0.261 e. The number of hydrogen-bond acceptors (Lipinski definition) is 3. The molecular formula is C19H26N2O2S. The number of nitrogens with two attached hydrogens (primary N) is 1. The molecule has 0 bridgehead atoms. The van der Waals surface area contributed by atoms with Gasteiger partial charge in [0.15, 0.2) is 0 Å². The van der Waals surface area contributed by atoms with Crippen molar-refractivity contribution in [2.75, 3.05) is 10.5 Å². The minimum absolute atomic E-state index is 0.154. The van der Waals surface area contributed by atoms with Crippen molar-refractivity contribution in [1.29, 1.82) is 0 Å². The molecule has 0 unspecified atom stereocenters. The maximum absolute atomic E-state index is 12.8. The highest BCUT2D eigenvalue weighted by atomic mass is 32.2. The standard InChI is InChI=1S/C19H26N2O2S/c1-12(2)17-10-15(20)11-18(13(3)4)19(17)21-24(22,23)16-8-6-14(5)7-9-16/h6-13,21H,20H2,1-5H3. The number of nitrogen functional groups attached to an aromatic ring is 1. The summed E-state index contributed by atoms with van der Waals surface area (Å²) in [6, 6.07) is 10.5. The third-order valence-electron chi connectivity index (χ3n) is 4.03. The SMILES string of the molecule is Cc1ccc(S(=O)(=O)Nc2c(C(C)C)cc(N)cc2C(C)C)cc1. The average Bonchev–Trinajstić information content (AvgIpc) is 2.48. The summed E-state index contributed by atoms with van der Waals surface area (Å²) in [5.74, 6) is 0.309. The Bertz CT molecular complexity index is 794. The Hall–Kier alpha value is -2.01. The average molecular weight is 346 g/mol. The van der Waals surface area contributed by atoms with Gasteiger partial charge < -0.3 is 5.73 Å². The zero-order chi connectivity index (χ0) is 18.1. The normalized spacial score (nSPS) is 12.0. The van der Waals surface area contributed by atoms with E-state index in [1.807, 2.05) is 46.8 Å². The maximum atomic E-state index is 12.8. The number of aryl methyl sites for hydroxylation is 1. The van der Waals surface area contributed by atoms with E-state index in [1.54, 1.807) is 24.3 Å². The minimum atomic E-state index is -3.65. The summed E-state index contributed by atoms with van der Waals surface area (Å²) in [6.07, 6.45) is 0. The molecule has 2 aromatic rings. The fourth-order valence-electron chi connectivity index (χ4n) is 2.65. The fraction of sp³-hybridized carbons (Fsp3) is 0.368. The lowest BCUT2D eigenvalue weighted by Crippen LogP contribution is -2.17. The Balaban J connectivity index is 2.57. The molecule has 0 heterocycles. The molecule has 130 valence electrons. The van der Waals surface area contributed by atoms with E-state index in [2.05, 4.69) is 4.72 Å². The van der Waals surface area contributed by atoms with Gasteiger partial charge in [0.1, 0.15) is 0 Å². The lowest BCUT2D eigenvalue weighted by molar-refractivity contribution is 0.601. The first kappa shape index (κ1) is 18.3. The van der Waals surface area contributed by atoms with Crippen molar-refractivity contribution >= 4 is 21.4 Å². The van der Waals surface area contributed by atoms with Crippen molar-refractivity contribution in [3.63, 3.8) is 0 Å². The summed E-state index contributed by atoms with van der Waals surface area (Å²) in [4.78, 5) is 0.259. The van der Waals surface area contributed by atoms with Crippen LogP contribution in [0.2, 0.25) is 0 Å². The fourth-order valence-corrected chi connectivity index (χ4v) is 3.77. The number of rotatable bonds is 5. The molecule has 0 saturated carbocycles. The molecule has 2 rings (SSSR count). The third-order valence-corrected chi connectivity index (χ3v) is 5.40. The van der Waals surface area contributed by atoms with Crippen LogP contribution >= 0.6 is 0 Å². The third kappa shape index (κ3) is 3.90. The summed E-state index contributed by atoms with van der Waals surface area (Å²) >= 11 is 0. The monoisotopic (exact) mass is 346 g/mol. The molecule has 5 heteroatoms. The van der Waals surface area contributed by atoms with Gasteiger partial charge in [-0.05, 0) is 54.2 Å². The second-order valence-corrected chi connectivity index (χ2v) is 8.48. The summed E-state index contributed by atoms with van der Waals surface area (Å²) in [6.45, 7) is 10.0. The highest BCUT2D eigenvalue weighted by Crippen LogP contribution is 2.36. The predicted octanol–water partition coefficient (Wildman–Crippen LogP) is 4.62. The van der Waals surface area contributed by atoms with Crippen molar-refractivity contribution in [1.82, 2.24) is 0 Å². The van der Waals surface area contributed by atoms with Crippen LogP contribution in [-0.2, 0) is 10.0 Å². The highest BCUT2D eigenvalue weighted by Gasteiger charge is 2.21. The number of anilines is 2. The Morgan fingerprint density at radius 3 is 1.79 bits per heavy atom. The molecule has 0 atom stereocenters. The Morgan fingerprint density at radius 2 is 1.38 bits per heavy atom. The number of nitrogens with one attached hydrogen (secondary N) is 1. The second-order valence-electron chi connectivity index (χ2n) is 6.80. The van der Waals surface area contributed by atoms with Crippen LogP contribution < -0.4 is 10.5 Å². The Kier molecular flexibility index (Phi) is 5.23. The van der Waals surface area contributed by atoms with Crippen molar-refractivity contribution in [3.8, 4) is 0 Å². The van der Waals surface area contributed by atoms with Gasteiger partial charge in [-0.3, -0.25) is 4.72 Å². The van der Waals surface area contributed by atoms with Crippen LogP contribution in [0.25, 0.3) is 0 Å². The second kappa shape index (κ2) is 6.85. The van der Waals surface area contributed by atoms with Crippen LogP contribution in [0, 0.1) is 6.92 Å². The molecule has 0 aliphatic rings. The zero-order valence-electron chi connectivity index (χ0n) is 14.9. The molecule has 0 spiro atoms. The molecule has 2 aromatic carbocycles. The van der Waals surface area contributed by atoms with Gasteiger partial charge in [-0.2, -0.15) is 0 Å². The molecule has 0 radical (unpaired) electrons. The van der Waals surface area contributed by atoms with Gasteiger partial charge in [-0.25, -0.2) is 8.42 Å². The van der Waals surface area contributed by atoms with Crippen LogP contribution in [0.3, 0.4) is 0 Å². The van der Waals surface area contributed by atoms with Gasteiger partial charge in [0.25, 0.3) is 10.0 Å². The highest BCUT2D eigenvalue weighted by molar-refractivity contribution is 7.92. The van der Waals surface area contributed by atoms with Crippen molar-refractivity contribution in [3.05, 3.63) is 53.1 Å². The van der Waals surface area contributed by atoms with Crippen LogP contribution in [0.4, 0.5) is 11.4 Å². The van der Waals surface area contributed by atoms with Crippen molar-refractivity contribution < 1.29 is 8.42 Å². The lowest BCUT2D eigenvalue weighted by Gasteiger charge is -2.22. The quantitative estimate of drug-likeness (QED) is 0.776. The van der Waals surface area contributed by atoms with E-state index >= 15 is 0 Å². The van der Waals surface area contributed by atoms with Crippen molar-refractivity contribution in [2.45, 2.75) is 51.3 Å². The Labute approximate surface area is 145 Å². The summed E-state index contributed by atoms with van der Waals surface area (Å²) in [7, 11) is -3.65. The van der Waals surface area contributed by atoms with E-state index in [4.69, 9.17) is 5.73 Å². The summed E-state index contributed by atoms with van der Waals surface area (Å²) in [5, 5.41) is 0. The molecule has 3 N–H and O–H groups in total. The largest absolute Gasteiger partial charge is 0.399 e. The Morgan fingerprint density at radius 1 is 0.917 bits per heavy atom.